The molecule has 1 aliphatic rings. The van der Waals surface area contributed by atoms with E-state index in [1.807, 2.05) is 11.6 Å². The van der Waals surface area contributed by atoms with Gasteiger partial charge in [-0.15, -0.1) is 22.7 Å². The van der Waals surface area contributed by atoms with Crippen LogP contribution in [0, 0.1) is 11.7 Å². The number of thiophene rings is 1. The van der Waals surface area contributed by atoms with Crippen molar-refractivity contribution in [3.8, 4) is 0 Å². The van der Waals surface area contributed by atoms with Gasteiger partial charge in [0.25, 0.3) is 5.91 Å². The summed E-state index contributed by atoms with van der Waals surface area (Å²) < 4.78 is 14.2. The molecule has 25 heavy (non-hydrogen) atoms. The number of nitrogens with zero attached hydrogens (tertiary/aromatic N) is 2. The first-order chi connectivity index (χ1) is 12.2. The van der Waals surface area contributed by atoms with Crippen LogP contribution in [-0.2, 0) is 0 Å². The molecule has 2 aromatic heterocycles. The Morgan fingerprint density at radius 1 is 1.40 bits per heavy atom. The molecule has 1 aromatic carbocycles. The van der Waals surface area contributed by atoms with E-state index in [9.17, 15) is 9.18 Å². The summed E-state index contributed by atoms with van der Waals surface area (Å²) in [6.45, 7) is 2.61. The number of carbonyl (C=O) groups excluding carboxylic acids is 1. The highest BCUT2D eigenvalue weighted by Crippen LogP contribution is 2.27. The highest BCUT2D eigenvalue weighted by molar-refractivity contribution is 7.20. The minimum atomic E-state index is -0.276. The van der Waals surface area contributed by atoms with Gasteiger partial charge in [-0.3, -0.25) is 4.79 Å². The number of nitrogens with one attached hydrogen (secondary N) is 1. The van der Waals surface area contributed by atoms with Gasteiger partial charge >= 0.3 is 0 Å². The van der Waals surface area contributed by atoms with Gasteiger partial charge in [0.05, 0.1) is 4.88 Å². The van der Waals surface area contributed by atoms with Crippen LogP contribution in [0.1, 0.15) is 22.5 Å². The number of benzene rings is 1. The predicted molar refractivity (Wildman–Crippen MR) is 101 cm³/mol. The zero-order chi connectivity index (χ0) is 17.2. The molecule has 1 aliphatic heterocycles. The molecule has 4 rings (SSSR count). The van der Waals surface area contributed by atoms with Crippen LogP contribution in [0.25, 0.3) is 10.1 Å². The first kappa shape index (κ1) is 16.5. The van der Waals surface area contributed by atoms with Crippen LogP contribution in [-0.4, -0.2) is 30.5 Å². The highest BCUT2D eigenvalue weighted by atomic mass is 32.1. The number of thiazole rings is 1. The molecule has 0 saturated carbocycles. The van der Waals surface area contributed by atoms with Crippen molar-refractivity contribution in [2.75, 3.05) is 24.5 Å². The average Bonchev–Trinajstić information content (AvgIpc) is 3.29. The van der Waals surface area contributed by atoms with Crippen LogP contribution in [0.3, 0.4) is 0 Å². The van der Waals surface area contributed by atoms with Crippen molar-refractivity contribution in [2.24, 2.45) is 5.92 Å². The molecular weight excluding hydrogens is 357 g/mol. The molecule has 4 nitrogen and oxygen atoms in total. The third-order valence-corrected chi connectivity index (χ3v) is 6.41. The Morgan fingerprint density at radius 2 is 2.32 bits per heavy atom. The largest absolute Gasteiger partial charge is 0.351 e. The molecule has 1 amide bonds. The van der Waals surface area contributed by atoms with E-state index < -0.39 is 0 Å². The summed E-state index contributed by atoms with van der Waals surface area (Å²) in [5, 5.41) is 6.87. The number of halogens is 1. The lowest BCUT2D eigenvalue weighted by Crippen LogP contribution is -2.40. The second-order valence-corrected chi connectivity index (χ2v) is 8.23. The topological polar surface area (TPSA) is 45.2 Å². The minimum absolute atomic E-state index is 0.0759. The van der Waals surface area contributed by atoms with Crippen molar-refractivity contribution in [1.82, 2.24) is 10.3 Å². The van der Waals surface area contributed by atoms with Crippen LogP contribution in [0.4, 0.5) is 9.52 Å². The Kier molecular flexibility index (Phi) is 4.67. The van der Waals surface area contributed by atoms with Crippen LogP contribution < -0.4 is 10.2 Å². The number of piperidine rings is 1. The Labute approximate surface area is 153 Å². The van der Waals surface area contributed by atoms with E-state index in [0.29, 0.717) is 17.3 Å². The summed E-state index contributed by atoms with van der Waals surface area (Å²) in [6, 6.07) is 6.38. The molecule has 3 heterocycles. The molecule has 1 fully saturated rings. The van der Waals surface area contributed by atoms with E-state index in [1.165, 1.54) is 23.5 Å². The van der Waals surface area contributed by atoms with Gasteiger partial charge in [0, 0.05) is 35.9 Å². The van der Waals surface area contributed by atoms with Gasteiger partial charge in [0.1, 0.15) is 5.82 Å². The summed E-state index contributed by atoms with van der Waals surface area (Å²) in [5.74, 6) is 0.0724. The fourth-order valence-corrected chi connectivity index (χ4v) is 4.87. The monoisotopic (exact) mass is 375 g/mol. The molecule has 0 aliphatic carbocycles. The second kappa shape index (κ2) is 7.09. The summed E-state index contributed by atoms with van der Waals surface area (Å²) >= 11 is 3.06. The summed E-state index contributed by atoms with van der Waals surface area (Å²) in [4.78, 5) is 19.7. The lowest BCUT2D eigenvalue weighted by atomic mass is 9.98. The summed E-state index contributed by atoms with van der Waals surface area (Å²) in [5.41, 5.74) is 0. The Hall–Kier alpha value is -1.99. The van der Waals surface area contributed by atoms with Crippen LogP contribution in [0.2, 0.25) is 0 Å². The minimum Gasteiger partial charge on any atom is -0.351 e. The van der Waals surface area contributed by atoms with E-state index in [2.05, 4.69) is 15.2 Å². The first-order valence-electron chi connectivity index (χ1n) is 8.31. The molecule has 0 radical (unpaired) electrons. The molecule has 1 N–H and O–H groups in total. The number of amides is 1. The molecule has 3 aromatic rings. The van der Waals surface area contributed by atoms with Gasteiger partial charge in [-0.1, -0.05) is 0 Å². The first-order valence-corrected chi connectivity index (χ1v) is 10.0. The second-order valence-electron chi connectivity index (χ2n) is 6.27. The summed E-state index contributed by atoms with van der Waals surface area (Å²) in [6.07, 6.45) is 4.05. The molecule has 7 heteroatoms. The highest BCUT2D eigenvalue weighted by Gasteiger charge is 2.22. The van der Waals surface area contributed by atoms with E-state index >= 15 is 0 Å². The van der Waals surface area contributed by atoms with E-state index in [-0.39, 0.29) is 11.7 Å². The van der Waals surface area contributed by atoms with Gasteiger partial charge in [0.2, 0.25) is 0 Å². The molecular formula is C18H18FN3OS2. The van der Waals surface area contributed by atoms with Gasteiger partial charge in [-0.05, 0) is 48.4 Å². The van der Waals surface area contributed by atoms with Crippen LogP contribution in [0.5, 0.6) is 0 Å². The van der Waals surface area contributed by atoms with Gasteiger partial charge in [-0.25, -0.2) is 9.37 Å². The maximum atomic E-state index is 13.3. The zero-order valence-corrected chi connectivity index (χ0v) is 15.2. The van der Waals surface area contributed by atoms with Gasteiger partial charge in [0.15, 0.2) is 5.13 Å². The molecule has 0 bridgehead atoms. The number of rotatable bonds is 4. The van der Waals surface area contributed by atoms with Crippen molar-refractivity contribution in [1.29, 1.82) is 0 Å². The number of hydrogen-bond donors (Lipinski definition) is 1. The van der Waals surface area contributed by atoms with Gasteiger partial charge in [-0.2, -0.15) is 0 Å². The van der Waals surface area contributed by atoms with E-state index in [0.717, 1.165) is 41.1 Å². The Morgan fingerprint density at radius 3 is 3.16 bits per heavy atom. The molecule has 1 saturated heterocycles. The van der Waals surface area contributed by atoms with Gasteiger partial charge < -0.3 is 10.2 Å². The van der Waals surface area contributed by atoms with E-state index in [4.69, 9.17) is 0 Å². The maximum absolute atomic E-state index is 13.3. The SMILES string of the molecule is O=C(NC[C@@H]1CCCN(c2nccs2)C1)c1cc2cc(F)ccc2s1. The molecule has 0 unspecified atom stereocenters. The Bertz CT molecular complexity index is 878. The fourth-order valence-electron chi connectivity index (χ4n) is 3.23. The number of anilines is 1. The quantitative estimate of drug-likeness (QED) is 0.745. The standard InChI is InChI=1S/C18H18FN3OS2/c19-14-3-4-15-13(8-14)9-16(25-15)17(23)21-10-12-2-1-6-22(11-12)18-20-5-7-24-18/h3-5,7-9,12H,1-2,6,10-11H2,(H,21,23)/t12-/m0/s1. The van der Waals surface area contributed by atoms with Crippen molar-refractivity contribution in [3.63, 3.8) is 0 Å². The lowest BCUT2D eigenvalue weighted by molar-refractivity contribution is 0.0950. The molecule has 130 valence electrons. The third-order valence-electron chi connectivity index (χ3n) is 4.46. The number of aromatic nitrogens is 1. The number of carbonyl (C=O) groups is 1. The molecule has 1 atom stereocenters. The van der Waals surface area contributed by atoms with E-state index in [1.54, 1.807) is 23.5 Å². The maximum Gasteiger partial charge on any atom is 0.261 e. The smallest absolute Gasteiger partial charge is 0.261 e. The third kappa shape index (κ3) is 3.67. The average molecular weight is 375 g/mol. The zero-order valence-electron chi connectivity index (χ0n) is 13.6. The molecule has 0 spiro atoms. The Balaban J connectivity index is 1.37. The lowest BCUT2D eigenvalue weighted by Gasteiger charge is -2.32. The number of fused-ring (bicyclic) bond motifs is 1. The van der Waals surface area contributed by atoms with Crippen molar-refractivity contribution < 1.29 is 9.18 Å². The van der Waals surface area contributed by atoms with Crippen molar-refractivity contribution in [2.45, 2.75) is 12.8 Å². The number of hydrogen-bond acceptors (Lipinski definition) is 5. The fraction of sp³-hybridized carbons (Fsp3) is 0.333. The summed E-state index contributed by atoms with van der Waals surface area (Å²) in [7, 11) is 0. The van der Waals surface area contributed by atoms with Crippen LogP contribution >= 0.6 is 22.7 Å². The normalized spacial score (nSPS) is 17.8. The van der Waals surface area contributed by atoms with Crippen molar-refractivity contribution >= 4 is 43.8 Å². The van der Waals surface area contributed by atoms with Crippen molar-refractivity contribution in [3.05, 3.63) is 46.5 Å². The van der Waals surface area contributed by atoms with Crippen LogP contribution in [0.15, 0.2) is 35.8 Å². The predicted octanol–water partition coefficient (Wildman–Crippen LogP) is 4.14.